The lowest BCUT2D eigenvalue weighted by molar-refractivity contribution is 0.434. The molecule has 21 rings (SSSR count). The second-order valence-electron chi connectivity index (χ2n) is 33.9. The third-order valence-corrected chi connectivity index (χ3v) is 23.8. The molecule has 0 spiro atoms. The Labute approximate surface area is 809 Å². The Morgan fingerprint density at radius 1 is 0.329 bits per heavy atom. The van der Waals surface area contributed by atoms with Crippen molar-refractivity contribution in [1.82, 2.24) is 145 Å². The number of aryl methyl sites for hydroxylation is 20. The topological polar surface area (TPSA) is 535 Å². The lowest BCUT2D eigenvalue weighted by Crippen LogP contribution is -2.22. The maximum absolute atomic E-state index is 12.8. The Morgan fingerprint density at radius 2 is 0.671 bits per heavy atom. The highest BCUT2D eigenvalue weighted by atomic mass is 35.5. The zero-order chi connectivity index (χ0) is 101. The van der Waals surface area contributed by atoms with Gasteiger partial charge in [0.15, 0.2) is 44.8 Å². The van der Waals surface area contributed by atoms with Crippen molar-refractivity contribution in [2.45, 2.75) is 139 Å². The van der Waals surface area contributed by atoms with Gasteiger partial charge in [-0.2, -0.15) is 33.8 Å². The van der Waals surface area contributed by atoms with Gasteiger partial charge in [-0.1, -0.05) is 119 Å². The van der Waals surface area contributed by atoms with Crippen LogP contribution in [0.25, 0.3) is 66.5 Å². The lowest BCUT2D eigenvalue weighted by atomic mass is 10.1. The summed E-state index contributed by atoms with van der Waals surface area (Å²) in [5, 5.41) is 40.3. The molecule has 0 amide bonds. The number of nitrogens with zero attached hydrogens (tertiary/aromatic N) is 31. The van der Waals surface area contributed by atoms with Crippen LogP contribution in [0.2, 0.25) is 5.02 Å². The summed E-state index contributed by atoms with van der Waals surface area (Å²) in [5.41, 5.74) is 13.9. The Kier molecular flexibility index (Phi) is 28.3. The molecule has 47 heteroatoms. The average Bonchev–Trinajstić information content (AvgIpc) is 0.846. The molecule has 21 aromatic rings. The minimum atomic E-state index is -0.574. The van der Waals surface area contributed by atoms with Crippen LogP contribution in [0.5, 0.6) is 0 Å². The first kappa shape index (κ1) is 96.4. The lowest BCUT2D eigenvalue weighted by Gasteiger charge is -2.05. The molecule has 0 saturated heterocycles. The molecule has 16 aromatic heterocycles. The summed E-state index contributed by atoms with van der Waals surface area (Å²) in [5.74, 6) is -1.99. The molecule has 726 valence electrons. The van der Waals surface area contributed by atoms with Crippen molar-refractivity contribution in [3.8, 4) is 6.07 Å². The van der Waals surface area contributed by atoms with Crippen LogP contribution in [0.1, 0.15) is 96.3 Å². The number of aromatic nitrogens is 30. The minimum absolute atomic E-state index is 0.00551. The Balaban J connectivity index is 0.000000123. The summed E-state index contributed by atoms with van der Waals surface area (Å²) in [6.45, 7) is 13.5. The van der Waals surface area contributed by atoms with E-state index in [1.807, 2.05) is 144 Å². The summed E-state index contributed by atoms with van der Waals surface area (Å²) >= 11 is 6.13. The molecule has 0 fully saturated rings. The van der Waals surface area contributed by atoms with E-state index >= 15 is 0 Å². The molecule has 46 nitrogen and oxygen atoms in total. The van der Waals surface area contributed by atoms with E-state index in [0.29, 0.717) is 125 Å². The highest BCUT2D eigenvalue weighted by Crippen LogP contribution is 2.22. The van der Waals surface area contributed by atoms with Gasteiger partial charge >= 0.3 is 28.8 Å². The number of fused-ring (bicyclic) bond motifs is 6. The zero-order valence-electron chi connectivity index (χ0n) is 78.8. The molecule has 0 aliphatic carbocycles. The number of hydrogen-bond donors (Lipinski definition) is 0. The van der Waals surface area contributed by atoms with Crippen molar-refractivity contribution in [1.29, 1.82) is 5.26 Å². The number of imidazole rings is 3. The second kappa shape index (κ2) is 41.9. The van der Waals surface area contributed by atoms with Crippen molar-refractivity contribution in [2.75, 3.05) is 0 Å². The van der Waals surface area contributed by atoms with Gasteiger partial charge in [0.2, 0.25) is 29.5 Å². The number of halogens is 1. The quantitative estimate of drug-likeness (QED) is 0.0594. The summed E-state index contributed by atoms with van der Waals surface area (Å²) < 4.78 is 46.0. The Hall–Kier alpha value is -18.3. The molecule has 0 aliphatic heterocycles. The van der Waals surface area contributed by atoms with Crippen LogP contribution >= 0.6 is 11.6 Å². The van der Waals surface area contributed by atoms with E-state index in [4.69, 9.17) is 38.9 Å². The van der Waals surface area contributed by atoms with Crippen molar-refractivity contribution in [3.05, 3.63) is 390 Å². The normalized spacial score (nSPS) is 11.3. The van der Waals surface area contributed by atoms with Crippen molar-refractivity contribution in [3.63, 3.8) is 0 Å². The van der Waals surface area contributed by atoms with E-state index in [1.165, 1.54) is 126 Å². The third-order valence-electron chi connectivity index (χ3n) is 23.4. The van der Waals surface area contributed by atoms with Crippen LogP contribution in [0.4, 0.5) is 0 Å². The molecule has 16 heterocycles. The van der Waals surface area contributed by atoms with Crippen molar-refractivity contribution >= 4 is 78.1 Å². The van der Waals surface area contributed by atoms with E-state index in [-0.39, 0.29) is 107 Å². The van der Waals surface area contributed by atoms with Gasteiger partial charge < -0.3 is 44.9 Å². The van der Waals surface area contributed by atoms with Crippen LogP contribution in [0.3, 0.4) is 0 Å². The summed E-state index contributed by atoms with van der Waals surface area (Å²) in [6, 6.07) is 41.8. The third kappa shape index (κ3) is 22.1. The van der Waals surface area contributed by atoms with E-state index in [9.17, 15) is 47.9 Å². The molecule has 0 N–H and O–H groups in total. The number of nitriles is 1. The molecule has 0 saturated carbocycles. The van der Waals surface area contributed by atoms with Gasteiger partial charge in [-0.25, -0.2) is 68.8 Å². The van der Waals surface area contributed by atoms with Gasteiger partial charge in [-0.05, 0) is 154 Å². The highest BCUT2D eigenvalue weighted by Gasteiger charge is 2.22. The average molecular weight is 1950 g/mol. The molecule has 0 radical (unpaired) electrons. The van der Waals surface area contributed by atoms with E-state index in [0.717, 1.165) is 44.3 Å². The number of hydrogen-bond acceptors (Lipinski definition) is 32. The van der Waals surface area contributed by atoms with Gasteiger partial charge in [0, 0.05) is 44.9 Å². The van der Waals surface area contributed by atoms with Crippen molar-refractivity contribution in [2.24, 2.45) is 28.2 Å². The molecular weight excluding hydrogens is 1860 g/mol. The SMILES string of the molecule is Cc1ccc(CCn2nc(Cn3cnc4nc(C#N)cc(C)c4c3=O)oc2=O)cc1.Cc1ccc(CCn2nc(Cn3cnc4ncn(C)c(=O)c43)oc2=O)cc1.Cc1ccc(CCn2nc(Cn3cnc4ncn(C)c4c3=O)oc2=O)cc1Cl.Cc1ccc(CCn2nc(Cn3cnc4nncc(C)c4c3=O)oc2=O)cc1.Cn1ccc2cc(CCn3nc(Cn4cnc5ncn(C)c5c4=O)oc3=O)ccc21. The largest absolute Gasteiger partial charge is 0.437 e. The molecule has 5 aromatic carbocycles. The second-order valence-corrected chi connectivity index (χ2v) is 34.3. The molecule has 0 atom stereocenters. The van der Waals surface area contributed by atoms with Crippen LogP contribution in [0, 0.1) is 52.9 Å². The molecule has 0 bridgehead atoms. The first-order valence-corrected chi connectivity index (χ1v) is 45.1. The number of pyridine rings is 1. The van der Waals surface area contributed by atoms with Gasteiger partial charge in [-0.15, -0.1) is 30.6 Å². The first-order valence-electron chi connectivity index (χ1n) is 44.7. The monoisotopic (exact) mass is 1950 g/mol. The summed E-state index contributed by atoms with van der Waals surface area (Å²) in [4.78, 5) is 161. The van der Waals surface area contributed by atoms with Crippen molar-refractivity contribution < 1.29 is 22.1 Å². The standard InChI is InChI=1S/C21H18N6O3.C20H19N7O3.C19H18N6O3.C18H17ClN6O3.C18H18N6O3/c1-13-3-5-15(6-4-13)7-8-27-21(29)30-17(25-27)11-26-12-23-19-18(20(26)28)14(2)9-16(10-22)24-19;1-24-7-6-14-9-13(3-4-15(14)24)5-8-27-20(29)30-16(23-27)10-26-12-22-18-17(19(26)28)25(2)11-21-18;1-12-3-5-14(6-4-12)7-8-25-19(27)28-15(23-25)10-24-11-20-17-16(18(24)26)13(2)9-21-22-17;1-11-3-4-12(7-13(11)19)5-6-25-18(27)28-14(22-25)8-24-10-21-16-15(17(24)26)23(2)9-20-16;1-12-3-5-13(6-4-12)7-8-24-18(26)27-14(21-24)9-23-11-20-16-15(23)17(25)22(2)10-19-16/h3-6,9,12H,7-8,11H2,1-2H3;3-4,6-7,9,11-12H,5,8,10H2,1-2H3;3-6,9,11H,7-8,10H2,1-2H3;3-4,7,9-10H,5-6,8H2,1-2H3;3-6,10-11H,7-9H2,1-2H3. The molecule has 143 heavy (non-hydrogen) atoms. The smallest absolute Gasteiger partial charge is 0.390 e. The highest BCUT2D eigenvalue weighted by molar-refractivity contribution is 6.31. The zero-order valence-corrected chi connectivity index (χ0v) is 79.5. The molecule has 0 unspecified atom stereocenters. The van der Waals surface area contributed by atoms with Crippen LogP contribution in [0.15, 0.2) is 254 Å². The molecular formula is C96H90ClN31O15. The Bertz CT molecular complexity index is 9050. The molecule has 0 aliphatic rings. The maximum Gasteiger partial charge on any atom is 0.437 e. The first-order chi connectivity index (χ1) is 68.9. The van der Waals surface area contributed by atoms with Gasteiger partial charge in [0.1, 0.15) is 69.8 Å². The predicted octanol–water partition coefficient (Wildman–Crippen LogP) is 6.44. The number of benzene rings is 5. The van der Waals surface area contributed by atoms with Gasteiger partial charge in [0.25, 0.3) is 27.8 Å². The van der Waals surface area contributed by atoms with E-state index in [1.54, 1.807) is 48.7 Å². The van der Waals surface area contributed by atoms with E-state index < -0.39 is 28.8 Å². The fourth-order valence-electron chi connectivity index (χ4n) is 15.5. The fraction of sp³-hybridized carbons (Fsp3) is 0.260. The van der Waals surface area contributed by atoms with Crippen LogP contribution < -0.4 is 56.6 Å². The minimum Gasteiger partial charge on any atom is -0.390 e. The number of rotatable bonds is 25. The van der Waals surface area contributed by atoms with Gasteiger partial charge in [-0.3, -0.25) is 42.2 Å². The van der Waals surface area contributed by atoms with Crippen LogP contribution in [-0.2, 0) is 126 Å². The van der Waals surface area contributed by atoms with Gasteiger partial charge in [0.05, 0.1) is 75.0 Å². The van der Waals surface area contributed by atoms with E-state index in [2.05, 4.69) is 103 Å². The van der Waals surface area contributed by atoms with Crippen LogP contribution in [-0.4, -0.2) is 145 Å². The predicted molar refractivity (Wildman–Crippen MR) is 518 cm³/mol. The summed E-state index contributed by atoms with van der Waals surface area (Å²) in [7, 11) is 7.07. The summed E-state index contributed by atoms with van der Waals surface area (Å²) in [6.07, 6.45) is 18.1. The Morgan fingerprint density at radius 3 is 1.09 bits per heavy atom. The fourth-order valence-corrected chi connectivity index (χ4v) is 15.7. The maximum atomic E-state index is 12.8.